The van der Waals surface area contributed by atoms with E-state index in [0.29, 0.717) is 23.2 Å². The summed E-state index contributed by atoms with van der Waals surface area (Å²) in [6, 6.07) is -0.140. The number of carbonyl (C=O) groups is 1. The highest BCUT2D eigenvalue weighted by Gasteiger charge is 2.20. The van der Waals surface area contributed by atoms with Gasteiger partial charge in [-0.1, -0.05) is 18.3 Å². The van der Waals surface area contributed by atoms with Crippen molar-refractivity contribution in [3.05, 3.63) is 4.88 Å². The molecule has 1 aromatic rings. The third kappa shape index (κ3) is 4.62. The van der Waals surface area contributed by atoms with Crippen LogP contribution in [0.1, 0.15) is 23.5 Å². The molecule has 0 aliphatic carbocycles. The van der Waals surface area contributed by atoms with Crippen LogP contribution in [0, 0.1) is 5.92 Å². The number of thiazole rings is 1. The largest absolute Gasteiger partial charge is 0.396 e. The van der Waals surface area contributed by atoms with Gasteiger partial charge in [-0.2, -0.15) is 0 Å². The molecule has 0 aliphatic rings. The lowest BCUT2D eigenvalue weighted by Crippen LogP contribution is -2.38. The topological polar surface area (TPSA) is 110 Å². The summed E-state index contributed by atoms with van der Waals surface area (Å²) in [5, 5.41) is 15.5. The first-order chi connectivity index (χ1) is 9.49. The summed E-state index contributed by atoms with van der Waals surface area (Å²) in [4.78, 5) is 16.6. The summed E-state index contributed by atoms with van der Waals surface area (Å²) in [6.07, 6.45) is 0. The molecule has 0 radical (unpaired) electrons. The van der Waals surface area contributed by atoms with Crippen molar-refractivity contribution in [2.45, 2.75) is 19.9 Å². The number of carbonyl (C=O) groups excluding carboxylic acids is 1. The molecule has 7 nitrogen and oxygen atoms in total. The van der Waals surface area contributed by atoms with Crippen molar-refractivity contribution in [2.24, 2.45) is 5.92 Å². The molecule has 1 heterocycles. The van der Waals surface area contributed by atoms with Crippen LogP contribution >= 0.6 is 11.3 Å². The van der Waals surface area contributed by atoms with Crippen molar-refractivity contribution < 1.29 is 14.6 Å². The molecule has 0 saturated carbocycles. The standard InChI is InChI=1S/C12H22N4O3S/c1-7(6-17)8(2)15-11(18)9-10(13)16-12(20-9)14-4-5-19-3/h7-8,17H,4-6,13H2,1-3H3,(H,14,16)(H,15,18). The number of anilines is 2. The molecule has 20 heavy (non-hydrogen) atoms. The first kappa shape index (κ1) is 16.7. The summed E-state index contributed by atoms with van der Waals surface area (Å²) < 4.78 is 4.92. The lowest BCUT2D eigenvalue weighted by atomic mass is 10.1. The van der Waals surface area contributed by atoms with E-state index in [9.17, 15) is 4.79 Å². The molecule has 114 valence electrons. The molecule has 0 aliphatic heterocycles. The second-order valence-electron chi connectivity index (χ2n) is 4.57. The second-order valence-corrected chi connectivity index (χ2v) is 5.57. The summed E-state index contributed by atoms with van der Waals surface area (Å²) in [6.45, 7) is 4.87. The fourth-order valence-corrected chi connectivity index (χ4v) is 2.22. The summed E-state index contributed by atoms with van der Waals surface area (Å²) >= 11 is 1.20. The first-order valence-corrected chi connectivity index (χ1v) is 7.22. The molecule has 0 fully saturated rings. The van der Waals surface area contributed by atoms with E-state index in [-0.39, 0.29) is 30.3 Å². The highest BCUT2D eigenvalue weighted by atomic mass is 32.1. The van der Waals surface area contributed by atoms with Gasteiger partial charge in [-0.25, -0.2) is 4.98 Å². The lowest BCUT2D eigenvalue weighted by molar-refractivity contribution is 0.0921. The lowest BCUT2D eigenvalue weighted by Gasteiger charge is -2.18. The number of amides is 1. The van der Waals surface area contributed by atoms with Gasteiger partial charge >= 0.3 is 0 Å². The molecule has 8 heteroatoms. The van der Waals surface area contributed by atoms with Crippen LogP contribution in [0.5, 0.6) is 0 Å². The van der Waals surface area contributed by atoms with E-state index in [4.69, 9.17) is 15.6 Å². The number of rotatable bonds is 8. The number of nitrogens with two attached hydrogens (primary N) is 1. The molecule has 2 atom stereocenters. The Labute approximate surface area is 122 Å². The Morgan fingerprint density at radius 1 is 1.55 bits per heavy atom. The Bertz CT molecular complexity index is 438. The van der Waals surface area contributed by atoms with E-state index in [0.717, 1.165) is 0 Å². The molecular weight excluding hydrogens is 280 g/mol. The number of methoxy groups -OCH3 is 1. The molecule has 0 aromatic carbocycles. The van der Waals surface area contributed by atoms with Crippen molar-refractivity contribution in [2.75, 3.05) is 37.9 Å². The summed E-state index contributed by atoms with van der Waals surface area (Å²) in [5.41, 5.74) is 5.75. The molecule has 1 amide bonds. The van der Waals surface area contributed by atoms with Gasteiger partial charge in [0, 0.05) is 26.3 Å². The average molecular weight is 302 g/mol. The number of ether oxygens (including phenoxy) is 1. The molecule has 5 N–H and O–H groups in total. The van der Waals surface area contributed by atoms with Crippen molar-refractivity contribution in [3.8, 4) is 0 Å². The quantitative estimate of drug-likeness (QED) is 0.522. The Morgan fingerprint density at radius 3 is 2.85 bits per heavy atom. The smallest absolute Gasteiger partial charge is 0.265 e. The second kappa shape index (κ2) is 8.03. The molecule has 0 spiro atoms. The van der Waals surface area contributed by atoms with Gasteiger partial charge in [-0.15, -0.1) is 0 Å². The fraction of sp³-hybridized carbons (Fsp3) is 0.667. The number of hydrogen-bond donors (Lipinski definition) is 4. The van der Waals surface area contributed by atoms with E-state index in [1.165, 1.54) is 11.3 Å². The van der Waals surface area contributed by atoms with Crippen LogP contribution in [-0.2, 0) is 4.74 Å². The van der Waals surface area contributed by atoms with E-state index in [1.54, 1.807) is 7.11 Å². The molecule has 1 rings (SSSR count). The van der Waals surface area contributed by atoms with Crippen LogP contribution in [0.4, 0.5) is 10.9 Å². The molecular formula is C12H22N4O3S. The Hall–Kier alpha value is -1.38. The zero-order chi connectivity index (χ0) is 15.1. The predicted molar refractivity (Wildman–Crippen MR) is 80.1 cm³/mol. The van der Waals surface area contributed by atoms with Crippen molar-refractivity contribution in [1.29, 1.82) is 0 Å². The highest BCUT2D eigenvalue weighted by molar-refractivity contribution is 7.18. The van der Waals surface area contributed by atoms with Gasteiger partial charge in [0.1, 0.15) is 10.7 Å². The van der Waals surface area contributed by atoms with Crippen LogP contribution in [-0.4, -0.2) is 48.9 Å². The summed E-state index contributed by atoms with van der Waals surface area (Å²) in [7, 11) is 1.61. The molecule has 0 bridgehead atoms. The zero-order valence-electron chi connectivity index (χ0n) is 12.0. The monoisotopic (exact) mass is 302 g/mol. The average Bonchev–Trinajstić information content (AvgIpc) is 2.79. The maximum absolute atomic E-state index is 12.1. The minimum Gasteiger partial charge on any atom is -0.396 e. The van der Waals surface area contributed by atoms with Crippen molar-refractivity contribution in [3.63, 3.8) is 0 Å². The fourth-order valence-electron chi connectivity index (χ4n) is 1.40. The van der Waals surface area contributed by atoms with Crippen molar-refractivity contribution >= 4 is 28.2 Å². The third-order valence-electron chi connectivity index (χ3n) is 2.94. The minimum absolute atomic E-state index is 0.0173. The van der Waals surface area contributed by atoms with Crippen LogP contribution in [0.15, 0.2) is 0 Å². The van der Waals surface area contributed by atoms with Crippen LogP contribution in [0.2, 0.25) is 0 Å². The number of nitrogen functional groups attached to an aromatic ring is 1. The van der Waals surface area contributed by atoms with Gasteiger partial charge in [0.05, 0.1) is 6.61 Å². The highest BCUT2D eigenvalue weighted by Crippen LogP contribution is 2.24. The zero-order valence-corrected chi connectivity index (χ0v) is 12.8. The van der Waals surface area contributed by atoms with Gasteiger partial charge in [-0.05, 0) is 12.8 Å². The maximum Gasteiger partial charge on any atom is 0.265 e. The summed E-state index contributed by atoms with van der Waals surface area (Å²) in [5.74, 6) is -0.0868. The predicted octanol–water partition coefficient (Wildman–Crippen LogP) is 0.530. The van der Waals surface area contributed by atoms with Crippen LogP contribution in [0.25, 0.3) is 0 Å². The maximum atomic E-state index is 12.1. The normalized spacial score (nSPS) is 13.8. The van der Waals surface area contributed by atoms with Gasteiger partial charge in [0.25, 0.3) is 5.91 Å². The number of aliphatic hydroxyl groups is 1. The van der Waals surface area contributed by atoms with Crippen molar-refractivity contribution in [1.82, 2.24) is 10.3 Å². The SMILES string of the molecule is COCCNc1nc(N)c(C(=O)NC(C)C(C)CO)s1. The number of hydrogen-bond acceptors (Lipinski definition) is 7. The number of nitrogens with zero attached hydrogens (tertiary/aromatic N) is 1. The number of aliphatic hydroxyl groups excluding tert-OH is 1. The first-order valence-electron chi connectivity index (χ1n) is 6.40. The Morgan fingerprint density at radius 2 is 2.25 bits per heavy atom. The Kier molecular flexibility index (Phi) is 6.69. The minimum atomic E-state index is -0.271. The van der Waals surface area contributed by atoms with E-state index in [1.807, 2.05) is 13.8 Å². The van der Waals surface area contributed by atoms with E-state index < -0.39 is 0 Å². The van der Waals surface area contributed by atoms with E-state index >= 15 is 0 Å². The van der Waals surface area contributed by atoms with Crippen LogP contribution < -0.4 is 16.4 Å². The molecule has 2 unspecified atom stereocenters. The number of aromatic nitrogens is 1. The van der Waals surface area contributed by atoms with Gasteiger partial charge in [0.15, 0.2) is 5.13 Å². The third-order valence-corrected chi connectivity index (χ3v) is 3.97. The van der Waals surface area contributed by atoms with E-state index in [2.05, 4.69) is 15.6 Å². The van der Waals surface area contributed by atoms with Gasteiger partial charge in [0.2, 0.25) is 0 Å². The van der Waals surface area contributed by atoms with Crippen LogP contribution in [0.3, 0.4) is 0 Å². The number of nitrogens with one attached hydrogen (secondary N) is 2. The molecule has 1 aromatic heterocycles. The molecule has 0 saturated heterocycles. The Balaban J connectivity index is 2.64. The van der Waals surface area contributed by atoms with Gasteiger partial charge < -0.3 is 26.2 Å². The van der Waals surface area contributed by atoms with Gasteiger partial charge in [-0.3, -0.25) is 4.79 Å².